The van der Waals surface area contributed by atoms with E-state index in [1.807, 2.05) is 41.8 Å². The first-order chi connectivity index (χ1) is 17.5. The van der Waals surface area contributed by atoms with Crippen LogP contribution in [0.15, 0.2) is 78.2 Å². The molecule has 0 bridgehead atoms. The van der Waals surface area contributed by atoms with Crippen LogP contribution in [0.1, 0.15) is 17.5 Å². The average molecular weight is 500 g/mol. The summed E-state index contributed by atoms with van der Waals surface area (Å²) in [5, 5.41) is 5.89. The summed E-state index contributed by atoms with van der Waals surface area (Å²) in [7, 11) is 1.58. The van der Waals surface area contributed by atoms with Gasteiger partial charge in [-0.2, -0.15) is 0 Å². The number of ether oxygens (including phenoxy) is 2. The Labute approximate surface area is 213 Å². The maximum absolute atomic E-state index is 13.1. The van der Waals surface area contributed by atoms with Crippen molar-refractivity contribution in [1.29, 1.82) is 0 Å². The van der Waals surface area contributed by atoms with Gasteiger partial charge in [-0.1, -0.05) is 30.3 Å². The minimum atomic E-state index is -0.749. The van der Waals surface area contributed by atoms with Gasteiger partial charge in [0.05, 0.1) is 23.5 Å². The maximum Gasteiger partial charge on any atom is 0.265 e. The number of methoxy groups -OCH3 is 1. The van der Waals surface area contributed by atoms with Crippen molar-refractivity contribution in [1.82, 2.24) is 4.98 Å². The zero-order valence-electron chi connectivity index (χ0n) is 19.9. The van der Waals surface area contributed by atoms with Gasteiger partial charge in [0.1, 0.15) is 17.5 Å². The van der Waals surface area contributed by atoms with Crippen LogP contribution in [-0.4, -0.2) is 36.6 Å². The van der Waals surface area contributed by atoms with Gasteiger partial charge in [0.15, 0.2) is 6.61 Å². The van der Waals surface area contributed by atoms with Crippen molar-refractivity contribution in [3.8, 4) is 22.8 Å². The highest BCUT2D eigenvalue weighted by atomic mass is 32.1. The number of nitrogens with zero attached hydrogens (tertiary/aromatic N) is 2. The second-order valence-corrected chi connectivity index (χ2v) is 9.36. The van der Waals surface area contributed by atoms with Crippen LogP contribution in [0, 0.1) is 0 Å². The highest BCUT2D eigenvalue weighted by Gasteiger charge is 2.33. The molecule has 5 rings (SSSR count). The van der Waals surface area contributed by atoms with Crippen molar-refractivity contribution in [2.45, 2.75) is 19.4 Å². The molecule has 1 atom stereocenters. The van der Waals surface area contributed by atoms with Gasteiger partial charge >= 0.3 is 0 Å². The summed E-state index contributed by atoms with van der Waals surface area (Å²) in [5.74, 6) is 0.674. The highest BCUT2D eigenvalue weighted by Crippen LogP contribution is 2.37. The number of anilines is 2. The number of aromatic nitrogens is 1. The van der Waals surface area contributed by atoms with Gasteiger partial charge in [-0.15, -0.1) is 11.3 Å². The first-order valence-electron chi connectivity index (χ1n) is 11.5. The Morgan fingerprint density at radius 3 is 2.67 bits per heavy atom. The molecule has 36 heavy (non-hydrogen) atoms. The molecule has 3 aromatic carbocycles. The number of hydrogen-bond donors (Lipinski definition) is 1. The van der Waals surface area contributed by atoms with Crippen LogP contribution in [0.25, 0.3) is 11.3 Å². The summed E-state index contributed by atoms with van der Waals surface area (Å²) in [6.45, 7) is 1.59. The molecule has 1 aliphatic heterocycles. The standard InChI is InChI=1S/C28H25N3O4S/c1-18(28(33)29-21-9-11-22(34-2)12-10-21)31-24-15-20(8-13-25(24)35-16-27(31)32)23-17-36-26(30-23)14-19-6-4-3-5-7-19/h3-13,15,17-18H,14,16H2,1-2H3,(H,29,33). The van der Waals surface area contributed by atoms with E-state index in [0.717, 1.165) is 22.7 Å². The van der Waals surface area contributed by atoms with E-state index in [4.69, 9.17) is 14.5 Å². The fourth-order valence-electron chi connectivity index (χ4n) is 4.09. The van der Waals surface area contributed by atoms with Crippen molar-refractivity contribution in [3.63, 3.8) is 0 Å². The Balaban J connectivity index is 1.38. The molecular formula is C28H25N3O4S. The average Bonchev–Trinajstić information content (AvgIpc) is 3.37. The summed E-state index contributed by atoms with van der Waals surface area (Å²) in [4.78, 5) is 32.3. The first kappa shape index (κ1) is 23.6. The van der Waals surface area contributed by atoms with E-state index in [1.165, 1.54) is 10.5 Å². The summed E-state index contributed by atoms with van der Waals surface area (Å²) >= 11 is 1.60. The molecule has 182 valence electrons. The van der Waals surface area contributed by atoms with Crippen LogP contribution in [0.4, 0.5) is 11.4 Å². The normalized spacial score (nSPS) is 13.5. The molecule has 2 amide bonds. The summed E-state index contributed by atoms with van der Waals surface area (Å²) in [6, 6.07) is 22.1. The van der Waals surface area contributed by atoms with E-state index in [-0.39, 0.29) is 18.4 Å². The molecule has 0 fully saturated rings. The minimum Gasteiger partial charge on any atom is -0.497 e. The maximum atomic E-state index is 13.1. The Bertz CT molecular complexity index is 1390. The molecule has 8 heteroatoms. The molecule has 1 aliphatic rings. The van der Waals surface area contributed by atoms with Crippen LogP contribution in [0.2, 0.25) is 0 Å². The summed E-state index contributed by atoms with van der Waals surface area (Å²) in [6.07, 6.45) is 0.757. The van der Waals surface area contributed by atoms with E-state index >= 15 is 0 Å². The first-order valence-corrected chi connectivity index (χ1v) is 12.4. The third-order valence-electron chi connectivity index (χ3n) is 6.01. The van der Waals surface area contributed by atoms with Crippen molar-refractivity contribution in [2.75, 3.05) is 23.9 Å². The molecular weight excluding hydrogens is 474 g/mol. The van der Waals surface area contributed by atoms with Crippen molar-refractivity contribution >= 4 is 34.5 Å². The van der Waals surface area contributed by atoms with Gasteiger partial charge in [-0.25, -0.2) is 4.98 Å². The van der Waals surface area contributed by atoms with Crippen molar-refractivity contribution in [2.24, 2.45) is 0 Å². The Morgan fingerprint density at radius 1 is 1.14 bits per heavy atom. The lowest BCUT2D eigenvalue weighted by molar-refractivity contribution is -0.125. The molecule has 1 N–H and O–H groups in total. The van der Waals surface area contributed by atoms with Crippen LogP contribution in [0.3, 0.4) is 0 Å². The molecule has 0 aliphatic carbocycles. The Hall–Kier alpha value is -4.17. The minimum absolute atomic E-state index is 0.121. The van der Waals surface area contributed by atoms with Gasteiger partial charge in [-0.3, -0.25) is 14.5 Å². The number of carbonyl (C=O) groups excluding carboxylic acids is 2. The fourth-order valence-corrected chi connectivity index (χ4v) is 4.93. The van der Waals surface area contributed by atoms with E-state index in [2.05, 4.69) is 17.4 Å². The van der Waals surface area contributed by atoms with Crippen LogP contribution >= 0.6 is 11.3 Å². The highest BCUT2D eigenvalue weighted by molar-refractivity contribution is 7.10. The van der Waals surface area contributed by atoms with E-state index in [0.29, 0.717) is 22.9 Å². The quantitative estimate of drug-likeness (QED) is 0.380. The zero-order chi connectivity index (χ0) is 25.1. The van der Waals surface area contributed by atoms with Gasteiger partial charge in [-0.05, 0) is 55.0 Å². The summed E-state index contributed by atoms with van der Waals surface area (Å²) < 4.78 is 10.8. The van der Waals surface area contributed by atoms with E-state index < -0.39 is 6.04 Å². The Morgan fingerprint density at radius 2 is 1.92 bits per heavy atom. The molecule has 2 heterocycles. The monoisotopic (exact) mass is 499 g/mol. The fraction of sp³-hybridized carbons (Fsp3) is 0.179. The molecule has 0 spiro atoms. The molecule has 1 aromatic heterocycles. The lowest BCUT2D eigenvalue weighted by atomic mass is 10.1. The predicted molar refractivity (Wildman–Crippen MR) is 141 cm³/mol. The van der Waals surface area contributed by atoms with Crippen LogP contribution < -0.4 is 19.7 Å². The van der Waals surface area contributed by atoms with Gasteiger partial charge < -0.3 is 14.8 Å². The smallest absolute Gasteiger partial charge is 0.265 e. The van der Waals surface area contributed by atoms with Gasteiger partial charge in [0.25, 0.3) is 5.91 Å². The van der Waals surface area contributed by atoms with Gasteiger partial charge in [0, 0.05) is 23.1 Å². The number of hydrogen-bond acceptors (Lipinski definition) is 6. The number of rotatable bonds is 7. The van der Waals surface area contributed by atoms with Crippen molar-refractivity contribution < 1.29 is 19.1 Å². The lowest BCUT2D eigenvalue weighted by Crippen LogP contribution is -2.49. The molecule has 0 saturated heterocycles. The predicted octanol–water partition coefficient (Wildman–Crippen LogP) is 5.16. The topological polar surface area (TPSA) is 80.8 Å². The van der Waals surface area contributed by atoms with Crippen molar-refractivity contribution in [3.05, 3.63) is 88.7 Å². The van der Waals surface area contributed by atoms with Crippen LogP contribution in [0.5, 0.6) is 11.5 Å². The molecule has 1 unspecified atom stereocenters. The third-order valence-corrected chi connectivity index (χ3v) is 6.86. The van der Waals surface area contributed by atoms with E-state index in [1.54, 1.807) is 49.6 Å². The number of carbonyl (C=O) groups is 2. The van der Waals surface area contributed by atoms with E-state index in [9.17, 15) is 9.59 Å². The SMILES string of the molecule is COc1ccc(NC(=O)C(C)N2C(=O)COc3ccc(-c4csc(Cc5ccccc5)n4)cc32)cc1. The molecule has 7 nitrogen and oxygen atoms in total. The molecule has 0 saturated carbocycles. The number of benzene rings is 3. The largest absolute Gasteiger partial charge is 0.497 e. The third kappa shape index (κ3) is 4.94. The molecule has 0 radical (unpaired) electrons. The number of nitrogens with one attached hydrogen (secondary N) is 1. The molecule has 4 aromatic rings. The second-order valence-electron chi connectivity index (χ2n) is 8.42. The Kier molecular flexibility index (Phi) is 6.69. The van der Waals surface area contributed by atoms with Crippen LogP contribution in [-0.2, 0) is 16.0 Å². The lowest BCUT2D eigenvalue weighted by Gasteiger charge is -2.33. The van der Waals surface area contributed by atoms with Gasteiger partial charge in [0.2, 0.25) is 5.91 Å². The number of amides is 2. The number of fused-ring (bicyclic) bond motifs is 1. The number of thiazole rings is 1. The summed E-state index contributed by atoms with van der Waals surface area (Å²) in [5.41, 5.74) is 4.05. The second kappa shape index (κ2) is 10.2. The zero-order valence-corrected chi connectivity index (χ0v) is 20.7.